The summed E-state index contributed by atoms with van der Waals surface area (Å²) >= 11 is 1.37. The first-order valence-corrected chi connectivity index (χ1v) is 11.1. The molecule has 1 N–H and O–H groups in total. The number of hydrogen-bond acceptors (Lipinski definition) is 7. The molecule has 0 fully saturated rings. The topological polar surface area (TPSA) is 104 Å². The maximum absolute atomic E-state index is 12.2. The van der Waals surface area contributed by atoms with E-state index in [0.717, 1.165) is 20.8 Å². The van der Waals surface area contributed by atoms with Crippen molar-refractivity contribution in [3.8, 4) is 11.5 Å². The Morgan fingerprint density at radius 2 is 1.88 bits per heavy atom. The van der Waals surface area contributed by atoms with Crippen molar-refractivity contribution in [3.05, 3.63) is 86.9 Å². The van der Waals surface area contributed by atoms with E-state index < -0.39 is 4.92 Å². The van der Waals surface area contributed by atoms with E-state index in [0.29, 0.717) is 22.7 Å². The van der Waals surface area contributed by atoms with E-state index in [1.807, 2.05) is 49.4 Å². The van der Waals surface area contributed by atoms with Gasteiger partial charge in [-0.1, -0.05) is 29.8 Å². The lowest BCUT2D eigenvalue weighted by Crippen LogP contribution is -2.20. The number of nitro benzene ring substituents is 1. The zero-order chi connectivity index (χ0) is 24.1. The number of carbonyl (C=O) groups excluding carboxylic acids is 1. The van der Waals surface area contributed by atoms with Gasteiger partial charge in [-0.3, -0.25) is 14.9 Å². The van der Waals surface area contributed by atoms with E-state index >= 15 is 0 Å². The van der Waals surface area contributed by atoms with Crippen molar-refractivity contribution in [1.29, 1.82) is 0 Å². The van der Waals surface area contributed by atoms with Crippen LogP contribution in [-0.4, -0.2) is 29.5 Å². The molecule has 0 bridgehead atoms. The van der Waals surface area contributed by atoms with Crippen LogP contribution in [0.25, 0.3) is 22.4 Å². The molecule has 4 rings (SSSR count). The number of benzene rings is 3. The van der Waals surface area contributed by atoms with Gasteiger partial charge in [-0.05, 0) is 48.9 Å². The van der Waals surface area contributed by atoms with E-state index in [9.17, 15) is 14.9 Å². The van der Waals surface area contributed by atoms with Crippen LogP contribution in [0.2, 0.25) is 0 Å². The second-order valence-corrected chi connectivity index (χ2v) is 8.47. The number of fused-ring (bicyclic) bond motifs is 1. The van der Waals surface area contributed by atoms with Crippen LogP contribution in [0.5, 0.6) is 11.5 Å². The number of methoxy groups -OCH3 is 1. The molecule has 172 valence electrons. The predicted molar refractivity (Wildman–Crippen MR) is 134 cm³/mol. The number of aryl methyl sites for hydroxylation is 1. The Labute approximate surface area is 199 Å². The number of anilines is 1. The van der Waals surface area contributed by atoms with E-state index in [1.54, 1.807) is 18.2 Å². The molecule has 0 unspecified atom stereocenters. The van der Waals surface area contributed by atoms with Gasteiger partial charge in [-0.15, -0.1) is 11.3 Å². The Hall–Kier alpha value is -4.24. The summed E-state index contributed by atoms with van der Waals surface area (Å²) in [6.07, 6.45) is 3.70. The Bertz CT molecular complexity index is 1380. The number of rotatable bonds is 8. The number of ether oxygens (including phenoxy) is 2. The van der Waals surface area contributed by atoms with Gasteiger partial charge in [0.15, 0.2) is 18.1 Å². The second kappa shape index (κ2) is 10.1. The summed E-state index contributed by atoms with van der Waals surface area (Å²) in [7, 11) is 1.53. The molecule has 0 saturated heterocycles. The minimum Gasteiger partial charge on any atom is -0.493 e. The van der Waals surface area contributed by atoms with Gasteiger partial charge in [0.05, 0.1) is 22.2 Å². The number of nitrogens with one attached hydrogen (secondary N) is 1. The summed E-state index contributed by atoms with van der Waals surface area (Å²) in [5, 5.41) is 14.5. The van der Waals surface area contributed by atoms with E-state index in [4.69, 9.17) is 9.47 Å². The van der Waals surface area contributed by atoms with Crippen LogP contribution < -0.4 is 14.8 Å². The van der Waals surface area contributed by atoms with Crippen LogP contribution in [0.3, 0.4) is 0 Å². The van der Waals surface area contributed by atoms with Gasteiger partial charge in [0, 0.05) is 17.8 Å². The summed E-state index contributed by atoms with van der Waals surface area (Å²) in [6.45, 7) is 1.82. The normalized spacial score (nSPS) is 11.0. The van der Waals surface area contributed by atoms with Crippen molar-refractivity contribution >= 4 is 51.0 Å². The number of hydrogen-bond donors (Lipinski definition) is 1. The van der Waals surface area contributed by atoms with Gasteiger partial charge in [0.25, 0.3) is 11.6 Å². The zero-order valence-electron chi connectivity index (χ0n) is 18.5. The Balaban J connectivity index is 1.41. The van der Waals surface area contributed by atoms with Crippen molar-refractivity contribution in [1.82, 2.24) is 4.98 Å². The standard InChI is InChI=1S/C25H21N3O5S/c1-16-3-7-18(8-4-16)26-24(29)15-33-21-11-5-17(13-22(21)32-2)6-12-25-27-20-10-9-19(28(30)31)14-23(20)34-25/h3-14H,15H2,1-2H3,(H,26,29)/b12-6+. The molecule has 0 atom stereocenters. The van der Waals surface area contributed by atoms with Gasteiger partial charge in [-0.25, -0.2) is 4.98 Å². The summed E-state index contributed by atoms with van der Waals surface area (Å²) in [6, 6.07) is 17.5. The highest BCUT2D eigenvalue weighted by Crippen LogP contribution is 2.30. The van der Waals surface area contributed by atoms with E-state index in [2.05, 4.69) is 10.3 Å². The lowest BCUT2D eigenvalue weighted by Gasteiger charge is -2.11. The highest BCUT2D eigenvalue weighted by Gasteiger charge is 2.11. The van der Waals surface area contributed by atoms with Crippen LogP contribution in [-0.2, 0) is 4.79 Å². The number of aromatic nitrogens is 1. The van der Waals surface area contributed by atoms with Crippen molar-refractivity contribution in [2.24, 2.45) is 0 Å². The fraction of sp³-hybridized carbons (Fsp3) is 0.120. The first kappa shape index (κ1) is 22.9. The minimum absolute atomic E-state index is 0.0413. The zero-order valence-corrected chi connectivity index (χ0v) is 19.3. The Morgan fingerprint density at radius 3 is 2.62 bits per heavy atom. The molecule has 9 heteroatoms. The monoisotopic (exact) mass is 475 g/mol. The molecule has 0 aliphatic heterocycles. The third-order valence-corrected chi connectivity index (χ3v) is 5.88. The Morgan fingerprint density at radius 1 is 1.09 bits per heavy atom. The molecule has 1 aromatic heterocycles. The Kier molecular flexibility index (Phi) is 6.84. The number of amides is 1. The SMILES string of the molecule is COc1cc(/C=C/c2nc3ccc([N+](=O)[O-])cc3s2)ccc1OCC(=O)Nc1ccc(C)cc1. The van der Waals surface area contributed by atoms with Crippen LogP contribution in [0.1, 0.15) is 16.1 Å². The number of nitro groups is 1. The number of non-ortho nitro benzene ring substituents is 1. The number of thiazole rings is 1. The van der Waals surface area contributed by atoms with Crippen LogP contribution in [0, 0.1) is 17.0 Å². The van der Waals surface area contributed by atoms with E-state index in [-0.39, 0.29) is 18.2 Å². The molecular weight excluding hydrogens is 454 g/mol. The maximum Gasteiger partial charge on any atom is 0.270 e. The van der Waals surface area contributed by atoms with Gasteiger partial charge >= 0.3 is 0 Å². The number of nitrogens with zero attached hydrogens (tertiary/aromatic N) is 2. The van der Waals surface area contributed by atoms with Gasteiger partial charge < -0.3 is 14.8 Å². The van der Waals surface area contributed by atoms with Crippen molar-refractivity contribution in [3.63, 3.8) is 0 Å². The van der Waals surface area contributed by atoms with E-state index in [1.165, 1.54) is 30.6 Å². The molecule has 0 radical (unpaired) electrons. The fourth-order valence-corrected chi connectivity index (χ4v) is 4.07. The fourth-order valence-electron chi connectivity index (χ4n) is 3.17. The van der Waals surface area contributed by atoms with Crippen LogP contribution in [0.4, 0.5) is 11.4 Å². The first-order valence-electron chi connectivity index (χ1n) is 10.3. The highest BCUT2D eigenvalue weighted by atomic mass is 32.1. The molecule has 1 amide bonds. The molecule has 3 aromatic carbocycles. The third kappa shape index (κ3) is 5.57. The smallest absolute Gasteiger partial charge is 0.270 e. The van der Waals surface area contributed by atoms with Gasteiger partial charge in [-0.2, -0.15) is 0 Å². The molecule has 1 heterocycles. The van der Waals surface area contributed by atoms with Crippen molar-refractivity contribution in [2.45, 2.75) is 6.92 Å². The van der Waals surface area contributed by atoms with Crippen molar-refractivity contribution < 1.29 is 19.2 Å². The van der Waals surface area contributed by atoms with Crippen molar-refractivity contribution in [2.75, 3.05) is 19.0 Å². The maximum atomic E-state index is 12.2. The molecule has 4 aromatic rings. The van der Waals surface area contributed by atoms with Gasteiger partial charge in [0.2, 0.25) is 0 Å². The quantitative estimate of drug-likeness (QED) is 0.259. The molecule has 34 heavy (non-hydrogen) atoms. The average molecular weight is 476 g/mol. The average Bonchev–Trinajstić information content (AvgIpc) is 3.25. The highest BCUT2D eigenvalue weighted by molar-refractivity contribution is 7.19. The lowest BCUT2D eigenvalue weighted by atomic mass is 10.2. The predicted octanol–water partition coefficient (Wildman–Crippen LogP) is 5.71. The largest absolute Gasteiger partial charge is 0.493 e. The first-order chi connectivity index (χ1) is 16.4. The molecule has 0 aliphatic rings. The summed E-state index contributed by atoms with van der Waals surface area (Å²) < 4.78 is 11.8. The van der Waals surface area contributed by atoms with Crippen LogP contribution >= 0.6 is 11.3 Å². The summed E-state index contributed by atoms with van der Waals surface area (Å²) in [5.41, 5.74) is 3.41. The summed E-state index contributed by atoms with van der Waals surface area (Å²) in [5.74, 6) is 0.669. The molecule has 0 aliphatic carbocycles. The minimum atomic E-state index is -0.420. The molecule has 0 spiro atoms. The summed E-state index contributed by atoms with van der Waals surface area (Å²) in [4.78, 5) is 27.2. The molecule has 8 nitrogen and oxygen atoms in total. The third-order valence-electron chi connectivity index (χ3n) is 4.90. The lowest BCUT2D eigenvalue weighted by molar-refractivity contribution is -0.384. The number of carbonyl (C=O) groups is 1. The van der Waals surface area contributed by atoms with Crippen LogP contribution in [0.15, 0.2) is 60.7 Å². The second-order valence-electron chi connectivity index (χ2n) is 7.41. The molecular formula is C25H21N3O5S. The molecule has 0 saturated carbocycles. The van der Waals surface area contributed by atoms with Gasteiger partial charge in [0.1, 0.15) is 5.01 Å².